The lowest BCUT2D eigenvalue weighted by Gasteiger charge is -2.10. The number of hydrogen-bond acceptors (Lipinski definition) is 3. The second-order valence-electron chi connectivity index (χ2n) is 7.05. The van der Waals surface area contributed by atoms with Gasteiger partial charge in [-0.15, -0.1) is 0 Å². The summed E-state index contributed by atoms with van der Waals surface area (Å²) in [6.45, 7) is 2.20. The van der Waals surface area contributed by atoms with Crippen molar-refractivity contribution in [2.45, 2.75) is 26.5 Å². The molecule has 4 aromatic rings. The van der Waals surface area contributed by atoms with Gasteiger partial charge in [0.05, 0.1) is 10.9 Å². The summed E-state index contributed by atoms with van der Waals surface area (Å²) in [5.41, 5.74) is 1.35. The van der Waals surface area contributed by atoms with Crippen molar-refractivity contribution < 1.29 is 34.9 Å². The smallest absolute Gasteiger partial charge is 0.200 e. The Kier molecular flexibility index (Phi) is 8.31. The van der Waals surface area contributed by atoms with Crippen molar-refractivity contribution in [2.24, 2.45) is 0 Å². The van der Waals surface area contributed by atoms with E-state index in [1.54, 1.807) is 0 Å². The van der Waals surface area contributed by atoms with Gasteiger partial charge in [-0.05, 0) is 37.3 Å². The van der Waals surface area contributed by atoms with E-state index >= 15 is 0 Å². The molecule has 0 saturated heterocycles. The standard InChI is InChI=1S/C19H17S.C6HF5O3S/c1-16-10-8-9-15-19(16)20(17-11-4-2-5-12-17)18-13-6-3-7-14-18;7-1-2(8)4(10)6(15(12,13)14)5(11)3(1)9/h2-15H,1H3;(H,12,13,14)/q+1;/p-1. The quantitative estimate of drug-likeness (QED) is 0.102. The van der Waals surface area contributed by atoms with E-state index in [4.69, 9.17) is 0 Å². The molecule has 0 amide bonds. The van der Waals surface area contributed by atoms with Gasteiger partial charge in [-0.2, -0.15) is 0 Å². The van der Waals surface area contributed by atoms with Crippen LogP contribution in [-0.2, 0) is 21.0 Å². The highest BCUT2D eigenvalue weighted by Gasteiger charge is 2.30. The second kappa shape index (κ2) is 11.0. The van der Waals surface area contributed by atoms with Crippen LogP contribution in [0.25, 0.3) is 0 Å². The number of halogens is 5. The molecule has 0 bridgehead atoms. The average Bonchev–Trinajstić information content (AvgIpc) is 2.84. The van der Waals surface area contributed by atoms with Crippen molar-refractivity contribution in [1.29, 1.82) is 0 Å². The van der Waals surface area contributed by atoms with Crippen molar-refractivity contribution in [3.05, 3.63) is 120 Å². The molecule has 0 saturated carbocycles. The summed E-state index contributed by atoms with van der Waals surface area (Å²) in [7, 11) is -5.80. The number of rotatable bonds is 4. The van der Waals surface area contributed by atoms with Crippen LogP contribution >= 0.6 is 0 Å². The molecule has 0 radical (unpaired) electrons. The first kappa shape index (κ1) is 26.4. The Balaban J connectivity index is 0.000000205. The first-order chi connectivity index (χ1) is 16.5. The Morgan fingerprint density at radius 2 is 0.971 bits per heavy atom. The molecule has 0 aliphatic heterocycles. The van der Waals surface area contributed by atoms with Gasteiger partial charge in [0.25, 0.3) is 0 Å². The summed E-state index contributed by atoms with van der Waals surface area (Å²) in [6, 6.07) is 30.2. The minimum Gasteiger partial charge on any atom is -0.744 e. The lowest BCUT2D eigenvalue weighted by molar-refractivity contribution is 0.350. The molecule has 0 aliphatic carbocycles. The van der Waals surface area contributed by atoms with Crippen LogP contribution in [0.3, 0.4) is 0 Å². The summed E-state index contributed by atoms with van der Waals surface area (Å²) in [6.07, 6.45) is 0. The molecule has 0 spiro atoms. The predicted molar refractivity (Wildman–Crippen MR) is 120 cm³/mol. The van der Waals surface area contributed by atoms with Crippen molar-refractivity contribution in [3.63, 3.8) is 0 Å². The molecule has 0 aromatic heterocycles. The average molecular weight is 525 g/mol. The fourth-order valence-corrected chi connectivity index (χ4v) is 5.95. The highest BCUT2D eigenvalue weighted by molar-refractivity contribution is 7.97. The van der Waals surface area contributed by atoms with E-state index in [0.717, 1.165) is 0 Å². The third kappa shape index (κ3) is 5.90. The van der Waals surface area contributed by atoms with Gasteiger partial charge in [0.2, 0.25) is 5.82 Å². The monoisotopic (exact) mass is 524 g/mol. The van der Waals surface area contributed by atoms with Crippen LogP contribution < -0.4 is 0 Å². The lowest BCUT2D eigenvalue weighted by Crippen LogP contribution is -2.12. The Labute approximate surface area is 202 Å². The van der Waals surface area contributed by atoms with E-state index in [0.29, 0.717) is 0 Å². The van der Waals surface area contributed by atoms with E-state index < -0.39 is 44.1 Å². The van der Waals surface area contributed by atoms with Crippen LogP contribution in [0.4, 0.5) is 22.0 Å². The van der Waals surface area contributed by atoms with Crippen LogP contribution in [0, 0.1) is 36.0 Å². The van der Waals surface area contributed by atoms with Gasteiger partial charge in [0.15, 0.2) is 38.0 Å². The number of hydrogen-bond donors (Lipinski definition) is 0. The van der Waals surface area contributed by atoms with Crippen molar-refractivity contribution in [3.8, 4) is 0 Å². The Hall–Kier alpha value is -3.21. The van der Waals surface area contributed by atoms with Crippen molar-refractivity contribution in [1.82, 2.24) is 0 Å². The molecular formula is C25H17F5O3S2. The summed E-state index contributed by atoms with van der Waals surface area (Å²) in [5.74, 6) is -12.8. The molecule has 0 N–H and O–H groups in total. The normalized spacial score (nSPS) is 11.2. The molecule has 0 aliphatic rings. The van der Waals surface area contributed by atoms with E-state index in [9.17, 15) is 34.9 Å². The maximum absolute atomic E-state index is 12.6. The minimum absolute atomic E-state index is 0.0262. The van der Waals surface area contributed by atoms with E-state index in [1.165, 1.54) is 20.2 Å². The molecule has 10 heteroatoms. The summed E-state index contributed by atoms with van der Waals surface area (Å²) >= 11 is 0. The Bertz CT molecular complexity index is 1360. The van der Waals surface area contributed by atoms with E-state index in [2.05, 4.69) is 91.9 Å². The number of benzene rings is 4. The highest BCUT2D eigenvalue weighted by Crippen LogP contribution is 2.32. The number of aryl methyl sites for hydroxylation is 1. The van der Waals surface area contributed by atoms with Crippen molar-refractivity contribution in [2.75, 3.05) is 0 Å². The van der Waals surface area contributed by atoms with Gasteiger partial charge < -0.3 is 4.55 Å². The van der Waals surface area contributed by atoms with Crippen LogP contribution in [0.2, 0.25) is 0 Å². The SMILES string of the molecule is Cc1ccccc1[S+](c1ccccc1)c1ccccc1.O=S(=O)([O-])c1c(F)c(F)c(F)c(F)c1F. The van der Waals surface area contributed by atoms with Crippen LogP contribution in [-0.4, -0.2) is 13.0 Å². The van der Waals surface area contributed by atoms with Gasteiger partial charge in [0, 0.05) is 5.56 Å². The van der Waals surface area contributed by atoms with E-state index in [1.807, 2.05) is 0 Å². The molecule has 35 heavy (non-hydrogen) atoms. The van der Waals surface area contributed by atoms with Crippen LogP contribution in [0.1, 0.15) is 5.56 Å². The largest absolute Gasteiger partial charge is 0.744 e. The molecule has 4 aromatic carbocycles. The van der Waals surface area contributed by atoms with Gasteiger partial charge >= 0.3 is 0 Å². The van der Waals surface area contributed by atoms with Gasteiger partial charge in [-0.3, -0.25) is 0 Å². The first-order valence-electron chi connectivity index (χ1n) is 9.91. The fourth-order valence-electron chi connectivity index (χ4n) is 3.09. The molecule has 182 valence electrons. The Morgan fingerprint density at radius 1 is 0.600 bits per heavy atom. The predicted octanol–water partition coefficient (Wildman–Crippen LogP) is 6.38. The molecule has 0 fully saturated rings. The second-order valence-corrected chi connectivity index (χ2v) is 10.4. The molecule has 3 nitrogen and oxygen atoms in total. The van der Waals surface area contributed by atoms with Gasteiger partial charge in [-0.25, -0.2) is 30.4 Å². The van der Waals surface area contributed by atoms with E-state index in [-0.39, 0.29) is 10.9 Å². The van der Waals surface area contributed by atoms with Gasteiger partial charge in [0.1, 0.15) is 15.0 Å². The molecule has 0 unspecified atom stereocenters. The topological polar surface area (TPSA) is 57.2 Å². The Morgan fingerprint density at radius 3 is 1.37 bits per heavy atom. The zero-order valence-electron chi connectivity index (χ0n) is 18.0. The molecule has 4 rings (SSSR count). The first-order valence-corrected chi connectivity index (χ1v) is 12.5. The maximum atomic E-state index is 12.6. The minimum atomic E-state index is -5.77. The summed E-state index contributed by atoms with van der Waals surface area (Å²) < 4.78 is 92.9. The zero-order valence-corrected chi connectivity index (χ0v) is 19.6. The molecule has 0 atom stereocenters. The molecule has 0 heterocycles. The lowest BCUT2D eigenvalue weighted by atomic mass is 10.2. The van der Waals surface area contributed by atoms with Crippen molar-refractivity contribution >= 4 is 21.0 Å². The van der Waals surface area contributed by atoms with Crippen LogP contribution in [0.15, 0.2) is 105 Å². The highest BCUT2D eigenvalue weighted by atomic mass is 32.2. The maximum Gasteiger partial charge on any atom is 0.200 e. The third-order valence-electron chi connectivity index (χ3n) is 4.69. The van der Waals surface area contributed by atoms with Crippen LogP contribution in [0.5, 0.6) is 0 Å². The van der Waals surface area contributed by atoms with Gasteiger partial charge in [-0.1, -0.05) is 54.6 Å². The summed E-state index contributed by atoms with van der Waals surface area (Å²) in [4.78, 5) is 1.77. The summed E-state index contributed by atoms with van der Waals surface area (Å²) in [5, 5.41) is 0. The molecular weight excluding hydrogens is 507 g/mol. The third-order valence-corrected chi connectivity index (χ3v) is 7.93. The fraction of sp³-hybridized carbons (Fsp3) is 0.0400. The zero-order chi connectivity index (χ0) is 25.8.